The summed E-state index contributed by atoms with van der Waals surface area (Å²) < 4.78 is 49.2. The Morgan fingerprint density at radius 3 is 1.81 bits per heavy atom. The standard InChI is InChI=1S/C34H44F3N3OSi/c1-22(2)40-32(38-31(39-40)23-16-18-24(19-17-23)34(35,36)37)30-28-20-25(21-29(28)30)41-42(33(3,4)5,26-12-8-6-9-13-26)27-14-10-7-11-15-27/h6-15,22-25,28-30H,16-21H2,1-5H3. The average Bonchev–Trinajstić information content (AvgIpc) is 3.27. The quantitative estimate of drug-likeness (QED) is 0.262. The highest BCUT2D eigenvalue weighted by molar-refractivity contribution is 6.99. The third kappa shape index (κ3) is 5.27. The van der Waals surface area contributed by atoms with E-state index in [9.17, 15) is 13.2 Å². The fraction of sp³-hybridized carbons (Fsp3) is 0.588. The molecular formula is C34H44F3N3OSi. The molecule has 0 aliphatic heterocycles. The number of halogens is 3. The Bertz CT molecular complexity index is 1310. The Hall–Kier alpha value is -2.45. The Kier molecular flexibility index (Phi) is 7.70. The second-order valence-corrected chi connectivity index (χ2v) is 18.4. The van der Waals surface area contributed by atoms with Gasteiger partial charge in [0.2, 0.25) is 0 Å². The number of aromatic nitrogens is 3. The summed E-state index contributed by atoms with van der Waals surface area (Å²) in [5.41, 5.74) is 0. The molecule has 226 valence electrons. The van der Waals surface area contributed by atoms with E-state index in [1.807, 2.05) is 0 Å². The minimum atomic E-state index is -4.10. The zero-order chi connectivity index (χ0) is 29.9. The monoisotopic (exact) mass is 595 g/mol. The molecule has 0 saturated heterocycles. The third-order valence-corrected chi connectivity index (χ3v) is 15.3. The van der Waals surface area contributed by atoms with Crippen molar-refractivity contribution in [2.24, 2.45) is 17.8 Å². The lowest BCUT2D eigenvalue weighted by Crippen LogP contribution is -2.67. The summed E-state index contributed by atoms with van der Waals surface area (Å²) in [4.78, 5) is 5.06. The molecule has 0 radical (unpaired) electrons. The molecule has 3 fully saturated rings. The van der Waals surface area contributed by atoms with E-state index in [-0.39, 0.29) is 35.9 Å². The molecule has 0 spiro atoms. The number of alkyl halides is 3. The zero-order valence-electron chi connectivity index (χ0n) is 25.4. The lowest BCUT2D eigenvalue weighted by Gasteiger charge is -2.45. The average molecular weight is 596 g/mol. The molecule has 1 aromatic heterocycles. The topological polar surface area (TPSA) is 39.9 Å². The lowest BCUT2D eigenvalue weighted by molar-refractivity contribution is -0.182. The van der Waals surface area contributed by atoms with Crippen LogP contribution in [0.1, 0.15) is 103 Å². The Morgan fingerprint density at radius 2 is 1.36 bits per heavy atom. The molecule has 42 heavy (non-hydrogen) atoms. The van der Waals surface area contributed by atoms with Crippen molar-refractivity contribution < 1.29 is 17.6 Å². The number of fused-ring (bicyclic) bond motifs is 1. The van der Waals surface area contributed by atoms with Crippen LogP contribution in [-0.4, -0.2) is 35.4 Å². The van der Waals surface area contributed by atoms with Crippen LogP contribution < -0.4 is 10.4 Å². The predicted octanol–water partition coefficient (Wildman–Crippen LogP) is 7.76. The SMILES string of the molecule is CC(C)n1nc(C2CCC(C(F)(F)F)CC2)nc1C1C2CC(O[Si](c3ccccc3)(c3ccccc3)C(C)(C)C)CC21. The summed E-state index contributed by atoms with van der Waals surface area (Å²) >= 11 is 0. The van der Waals surface area contributed by atoms with Crippen molar-refractivity contribution >= 4 is 18.7 Å². The molecule has 1 heterocycles. The van der Waals surface area contributed by atoms with Gasteiger partial charge in [-0.15, -0.1) is 0 Å². The molecule has 3 aliphatic carbocycles. The van der Waals surface area contributed by atoms with Gasteiger partial charge in [0.05, 0.1) is 5.92 Å². The molecule has 8 heteroatoms. The molecule has 0 bridgehead atoms. The zero-order valence-corrected chi connectivity index (χ0v) is 26.4. The summed E-state index contributed by atoms with van der Waals surface area (Å²) in [6.07, 6.45) is -0.511. The number of benzene rings is 2. The fourth-order valence-corrected chi connectivity index (χ4v) is 12.7. The maximum atomic E-state index is 13.2. The van der Waals surface area contributed by atoms with E-state index in [1.165, 1.54) is 10.4 Å². The van der Waals surface area contributed by atoms with Gasteiger partial charge in [0.15, 0.2) is 5.82 Å². The van der Waals surface area contributed by atoms with Crippen LogP contribution >= 0.6 is 0 Å². The van der Waals surface area contributed by atoms with E-state index in [4.69, 9.17) is 14.5 Å². The third-order valence-electron chi connectivity index (χ3n) is 10.2. The van der Waals surface area contributed by atoms with Crippen LogP contribution in [-0.2, 0) is 4.43 Å². The first-order valence-corrected chi connectivity index (χ1v) is 17.6. The summed E-state index contributed by atoms with van der Waals surface area (Å²) in [6.45, 7) is 11.2. The van der Waals surface area contributed by atoms with E-state index < -0.39 is 20.4 Å². The van der Waals surface area contributed by atoms with Crippen molar-refractivity contribution in [3.63, 3.8) is 0 Å². The van der Waals surface area contributed by atoms with Crippen LogP contribution in [0, 0.1) is 17.8 Å². The second-order valence-electron chi connectivity index (χ2n) is 14.2. The lowest BCUT2D eigenvalue weighted by atomic mass is 9.81. The van der Waals surface area contributed by atoms with E-state index in [0.717, 1.165) is 24.5 Å². The maximum absolute atomic E-state index is 13.2. The molecule has 0 N–H and O–H groups in total. The van der Waals surface area contributed by atoms with E-state index in [0.29, 0.717) is 30.6 Å². The Labute approximate surface area is 249 Å². The summed E-state index contributed by atoms with van der Waals surface area (Å²) in [7, 11) is -2.60. The van der Waals surface area contributed by atoms with Crippen LogP contribution in [0.4, 0.5) is 13.2 Å². The first kappa shape index (κ1) is 29.6. The molecule has 2 unspecified atom stereocenters. The number of hydrogen-bond acceptors (Lipinski definition) is 3. The molecule has 4 nitrogen and oxygen atoms in total. The Balaban J connectivity index is 1.21. The van der Waals surface area contributed by atoms with Crippen LogP contribution in [0.25, 0.3) is 0 Å². The van der Waals surface area contributed by atoms with E-state index in [1.54, 1.807) is 0 Å². The molecule has 3 aromatic rings. The highest BCUT2D eigenvalue weighted by atomic mass is 28.4. The van der Waals surface area contributed by atoms with Crippen molar-refractivity contribution in [3.8, 4) is 0 Å². The van der Waals surface area contributed by atoms with Crippen molar-refractivity contribution in [3.05, 3.63) is 72.3 Å². The first-order valence-electron chi connectivity index (χ1n) is 15.7. The van der Waals surface area contributed by atoms with Crippen LogP contribution in [0.5, 0.6) is 0 Å². The summed E-state index contributed by atoms with van der Waals surface area (Å²) in [5.74, 6) is 2.02. The van der Waals surface area contributed by atoms with Gasteiger partial charge < -0.3 is 4.43 Å². The fourth-order valence-electron chi connectivity index (χ4n) is 8.02. The molecule has 3 aliphatic rings. The minimum absolute atomic E-state index is 0.0205. The molecule has 2 aromatic carbocycles. The van der Waals surface area contributed by atoms with Gasteiger partial charge in [0.1, 0.15) is 5.82 Å². The first-order chi connectivity index (χ1) is 19.9. The van der Waals surface area contributed by atoms with Gasteiger partial charge in [-0.2, -0.15) is 18.3 Å². The van der Waals surface area contributed by atoms with Gasteiger partial charge in [-0.25, -0.2) is 9.67 Å². The van der Waals surface area contributed by atoms with Crippen molar-refractivity contribution in [1.82, 2.24) is 14.8 Å². The van der Waals surface area contributed by atoms with Gasteiger partial charge in [0.25, 0.3) is 8.32 Å². The van der Waals surface area contributed by atoms with Crippen molar-refractivity contribution in [1.29, 1.82) is 0 Å². The predicted molar refractivity (Wildman–Crippen MR) is 163 cm³/mol. The van der Waals surface area contributed by atoms with Crippen LogP contribution in [0.3, 0.4) is 0 Å². The van der Waals surface area contributed by atoms with Gasteiger partial charge in [-0.05, 0) is 79.6 Å². The van der Waals surface area contributed by atoms with Gasteiger partial charge in [0, 0.05) is 24.0 Å². The maximum Gasteiger partial charge on any atom is 0.391 e. The molecule has 2 atom stereocenters. The molecule has 3 saturated carbocycles. The number of nitrogens with zero attached hydrogens (tertiary/aromatic N) is 3. The van der Waals surface area contributed by atoms with E-state index >= 15 is 0 Å². The number of rotatable bonds is 7. The Morgan fingerprint density at radius 1 is 0.833 bits per heavy atom. The normalized spacial score (nSPS) is 28.2. The van der Waals surface area contributed by atoms with Gasteiger partial charge >= 0.3 is 6.18 Å². The van der Waals surface area contributed by atoms with Crippen LogP contribution in [0.15, 0.2) is 60.7 Å². The van der Waals surface area contributed by atoms with Crippen molar-refractivity contribution in [2.45, 2.75) is 108 Å². The van der Waals surface area contributed by atoms with E-state index in [2.05, 4.69) is 100.0 Å². The molecule has 0 amide bonds. The number of hydrogen-bond donors (Lipinski definition) is 0. The molecule has 6 rings (SSSR count). The highest BCUT2D eigenvalue weighted by Crippen LogP contribution is 2.64. The largest absolute Gasteiger partial charge is 0.404 e. The second kappa shape index (κ2) is 10.9. The summed E-state index contributed by atoms with van der Waals surface area (Å²) in [5, 5.41) is 7.46. The van der Waals surface area contributed by atoms with Gasteiger partial charge in [-0.3, -0.25) is 0 Å². The van der Waals surface area contributed by atoms with Crippen LogP contribution in [0.2, 0.25) is 5.04 Å². The van der Waals surface area contributed by atoms with Crippen molar-refractivity contribution in [2.75, 3.05) is 0 Å². The smallest absolute Gasteiger partial charge is 0.391 e. The van der Waals surface area contributed by atoms with Gasteiger partial charge in [-0.1, -0.05) is 81.4 Å². The minimum Gasteiger partial charge on any atom is -0.404 e. The molecular weight excluding hydrogens is 551 g/mol. The highest BCUT2D eigenvalue weighted by Gasteiger charge is 2.61. The summed E-state index contributed by atoms with van der Waals surface area (Å²) in [6, 6.07) is 21.8.